The summed E-state index contributed by atoms with van der Waals surface area (Å²) in [7, 11) is 0. The number of aromatic nitrogens is 1. The Balaban J connectivity index is 1.47. The van der Waals surface area contributed by atoms with E-state index in [1.807, 2.05) is 24.5 Å². The van der Waals surface area contributed by atoms with Crippen molar-refractivity contribution in [3.05, 3.63) is 88.5 Å². The lowest BCUT2D eigenvalue weighted by Gasteiger charge is -2.30. The third-order valence-corrected chi connectivity index (χ3v) is 4.88. The SMILES string of the molecule is Fc1cccc(NCc2cncc(N3CCc4cc(Cl)ccc4C3)c2)c1. The Morgan fingerprint density at radius 1 is 1.08 bits per heavy atom. The van der Waals surface area contributed by atoms with Crippen LogP contribution in [0.5, 0.6) is 0 Å². The molecule has 1 aromatic heterocycles. The molecular weight excluding hydrogens is 349 g/mol. The third-order valence-electron chi connectivity index (χ3n) is 4.65. The Morgan fingerprint density at radius 2 is 2.00 bits per heavy atom. The zero-order valence-corrected chi connectivity index (χ0v) is 15.0. The number of benzene rings is 2. The molecule has 3 nitrogen and oxygen atoms in total. The van der Waals surface area contributed by atoms with Crippen LogP contribution in [-0.4, -0.2) is 11.5 Å². The van der Waals surface area contributed by atoms with Crippen LogP contribution in [0.15, 0.2) is 60.9 Å². The number of halogens is 2. The van der Waals surface area contributed by atoms with Crippen molar-refractivity contribution in [1.82, 2.24) is 4.98 Å². The number of anilines is 2. The van der Waals surface area contributed by atoms with Crippen LogP contribution in [0.3, 0.4) is 0 Å². The van der Waals surface area contributed by atoms with Gasteiger partial charge in [-0.2, -0.15) is 0 Å². The maximum absolute atomic E-state index is 13.3. The maximum Gasteiger partial charge on any atom is 0.125 e. The number of nitrogens with one attached hydrogen (secondary N) is 1. The molecule has 5 heteroatoms. The molecule has 0 spiro atoms. The average Bonchev–Trinajstić information content (AvgIpc) is 2.66. The van der Waals surface area contributed by atoms with Crippen LogP contribution in [0, 0.1) is 5.82 Å². The maximum atomic E-state index is 13.3. The van der Waals surface area contributed by atoms with Crippen LogP contribution in [0.4, 0.5) is 15.8 Å². The van der Waals surface area contributed by atoms with E-state index < -0.39 is 0 Å². The standard InChI is InChI=1S/C21H19ClFN3/c22-18-5-4-17-14-26(7-6-16(17)9-18)21-8-15(11-24-13-21)12-25-20-3-1-2-19(23)10-20/h1-5,8-11,13,25H,6-7,12,14H2. The lowest BCUT2D eigenvalue weighted by atomic mass is 9.99. The molecule has 2 aromatic carbocycles. The van der Waals surface area contributed by atoms with Crippen molar-refractivity contribution in [2.45, 2.75) is 19.5 Å². The molecule has 0 bridgehead atoms. The molecule has 0 atom stereocenters. The van der Waals surface area contributed by atoms with Gasteiger partial charge in [-0.15, -0.1) is 0 Å². The Kier molecular flexibility index (Phi) is 4.76. The number of fused-ring (bicyclic) bond motifs is 1. The summed E-state index contributed by atoms with van der Waals surface area (Å²) < 4.78 is 13.3. The normalized spacial score (nSPS) is 13.4. The van der Waals surface area contributed by atoms with Crippen LogP contribution < -0.4 is 10.2 Å². The van der Waals surface area contributed by atoms with Gasteiger partial charge in [0.15, 0.2) is 0 Å². The van der Waals surface area contributed by atoms with Gasteiger partial charge in [0.05, 0.1) is 11.9 Å². The van der Waals surface area contributed by atoms with Crippen molar-refractivity contribution in [3.8, 4) is 0 Å². The summed E-state index contributed by atoms with van der Waals surface area (Å²) in [5.74, 6) is -0.242. The molecule has 0 saturated heterocycles. The molecule has 0 fully saturated rings. The molecule has 0 aliphatic carbocycles. The highest BCUT2D eigenvalue weighted by Gasteiger charge is 2.17. The minimum absolute atomic E-state index is 0.242. The summed E-state index contributed by atoms with van der Waals surface area (Å²) in [6.45, 7) is 2.40. The largest absolute Gasteiger partial charge is 0.381 e. The Hall–Kier alpha value is -2.59. The fourth-order valence-electron chi connectivity index (χ4n) is 3.29. The first-order chi connectivity index (χ1) is 12.7. The van der Waals surface area contributed by atoms with E-state index in [0.717, 1.165) is 41.5 Å². The topological polar surface area (TPSA) is 28.2 Å². The van der Waals surface area contributed by atoms with E-state index in [1.165, 1.54) is 23.3 Å². The average molecular weight is 368 g/mol. The lowest BCUT2D eigenvalue weighted by Crippen LogP contribution is -2.30. The van der Waals surface area contributed by atoms with Crippen LogP contribution in [0.25, 0.3) is 0 Å². The Labute approximate surface area is 157 Å². The monoisotopic (exact) mass is 367 g/mol. The molecular formula is C21H19ClFN3. The minimum atomic E-state index is -0.242. The van der Waals surface area contributed by atoms with Gasteiger partial charge in [-0.25, -0.2) is 4.39 Å². The highest BCUT2D eigenvalue weighted by atomic mass is 35.5. The molecule has 1 aliphatic rings. The first kappa shape index (κ1) is 16.9. The number of pyridine rings is 1. The summed E-state index contributed by atoms with van der Waals surface area (Å²) in [5.41, 5.74) is 5.56. The molecule has 1 N–H and O–H groups in total. The fourth-order valence-corrected chi connectivity index (χ4v) is 3.48. The molecule has 0 unspecified atom stereocenters. The smallest absolute Gasteiger partial charge is 0.125 e. The van der Waals surface area contributed by atoms with Crippen LogP contribution in [0.2, 0.25) is 5.02 Å². The van der Waals surface area contributed by atoms with Crippen molar-refractivity contribution in [1.29, 1.82) is 0 Å². The van der Waals surface area contributed by atoms with Gasteiger partial charge < -0.3 is 10.2 Å². The molecule has 3 aromatic rings. The van der Waals surface area contributed by atoms with E-state index in [1.54, 1.807) is 6.07 Å². The van der Waals surface area contributed by atoms with Gasteiger partial charge in [0, 0.05) is 36.5 Å². The third kappa shape index (κ3) is 3.81. The molecule has 4 rings (SSSR count). The molecule has 0 saturated carbocycles. The van der Waals surface area contributed by atoms with Crippen molar-refractivity contribution in [2.75, 3.05) is 16.8 Å². The van der Waals surface area contributed by atoms with E-state index in [4.69, 9.17) is 11.6 Å². The van der Waals surface area contributed by atoms with Gasteiger partial charge in [0.1, 0.15) is 5.82 Å². The van der Waals surface area contributed by atoms with Gasteiger partial charge in [-0.1, -0.05) is 23.7 Å². The summed E-state index contributed by atoms with van der Waals surface area (Å²) in [4.78, 5) is 6.71. The van der Waals surface area contributed by atoms with E-state index in [9.17, 15) is 4.39 Å². The van der Waals surface area contributed by atoms with Crippen molar-refractivity contribution in [2.24, 2.45) is 0 Å². The van der Waals surface area contributed by atoms with Crippen LogP contribution in [-0.2, 0) is 19.5 Å². The summed E-state index contributed by atoms with van der Waals surface area (Å²) in [6.07, 6.45) is 4.71. The number of hydrogen-bond acceptors (Lipinski definition) is 3. The van der Waals surface area contributed by atoms with Crippen molar-refractivity contribution < 1.29 is 4.39 Å². The van der Waals surface area contributed by atoms with E-state index in [-0.39, 0.29) is 5.82 Å². The van der Waals surface area contributed by atoms with Crippen molar-refractivity contribution in [3.63, 3.8) is 0 Å². The van der Waals surface area contributed by atoms with Crippen LogP contribution in [0.1, 0.15) is 16.7 Å². The first-order valence-electron chi connectivity index (χ1n) is 8.63. The fraction of sp³-hybridized carbons (Fsp3) is 0.190. The molecule has 1 aliphatic heterocycles. The number of hydrogen-bond donors (Lipinski definition) is 1. The summed E-state index contributed by atoms with van der Waals surface area (Å²) in [6, 6.07) is 14.7. The molecule has 2 heterocycles. The zero-order chi connectivity index (χ0) is 17.9. The second-order valence-corrected chi connectivity index (χ2v) is 6.94. The lowest BCUT2D eigenvalue weighted by molar-refractivity contribution is 0.628. The van der Waals surface area contributed by atoms with Gasteiger partial charge in [-0.3, -0.25) is 4.98 Å². The second-order valence-electron chi connectivity index (χ2n) is 6.50. The minimum Gasteiger partial charge on any atom is -0.381 e. The predicted molar refractivity (Wildman–Crippen MR) is 104 cm³/mol. The van der Waals surface area contributed by atoms with E-state index >= 15 is 0 Å². The predicted octanol–water partition coefficient (Wildman–Crippen LogP) is 5.05. The summed E-state index contributed by atoms with van der Waals surface area (Å²) in [5, 5.41) is 4.04. The molecule has 0 radical (unpaired) electrons. The van der Waals surface area contributed by atoms with Gasteiger partial charge in [-0.05, 0) is 59.5 Å². The molecule has 26 heavy (non-hydrogen) atoms. The van der Waals surface area contributed by atoms with E-state index in [0.29, 0.717) is 6.54 Å². The highest BCUT2D eigenvalue weighted by molar-refractivity contribution is 6.30. The van der Waals surface area contributed by atoms with Gasteiger partial charge in [0.2, 0.25) is 0 Å². The molecule has 132 valence electrons. The summed E-state index contributed by atoms with van der Waals surface area (Å²) >= 11 is 6.09. The van der Waals surface area contributed by atoms with Crippen molar-refractivity contribution >= 4 is 23.0 Å². The Bertz CT molecular complexity index is 929. The van der Waals surface area contributed by atoms with Crippen LogP contribution >= 0.6 is 11.6 Å². The number of nitrogens with zero attached hydrogens (tertiary/aromatic N) is 2. The molecule has 0 amide bonds. The quantitative estimate of drug-likeness (QED) is 0.699. The highest BCUT2D eigenvalue weighted by Crippen LogP contribution is 2.26. The number of rotatable bonds is 4. The first-order valence-corrected chi connectivity index (χ1v) is 9.01. The van der Waals surface area contributed by atoms with Gasteiger partial charge in [0.25, 0.3) is 0 Å². The van der Waals surface area contributed by atoms with Gasteiger partial charge >= 0.3 is 0 Å². The Morgan fingerprint density at radius 3 is 2.88 bits per heavy atom. The second kappa shape index (κ2) is 7.34. The van der Waals surface area contributed by atoms with E-state index in [2.05, 4.69) is 33.4 Å². The zero-order valence-electron chi connectivity index (χ0n) is 14.3.